The molecule has 6 nitrogen and oxygen atoms in total. The van der Waals surface area contributed by atoms with Crippen LogP contribution in [0, 0.1) is 17.8 Å². The van der Waals surface area contributed by atoms with Crippen LogP contribution in [-0.2, 0) is 11.0 Å². The zero-order chi connectivity index (χ0) is 17.9. The van der Waals surface area contributed by atoms with Crippen molar-refractivity contribution in [2.24, 2.45) is 17.8 Å². The molecule has 1 aromatic heterocycles. The first-order valence-corrected chi connectivity index (χ1v) is 8.43. The maximum atomic E-state index is 13.2. The fourth-order valence-corrected chi connectivity index (χ4v) is 4.01. The number of aliphatic carboxylic acids is 1. The Morgan fingerprint density at radius 1 is 1.32 bits per heavy atom. The number of aromatic nitrogens is 2. The van der Waals surface area contributed by atoms with Crippen molar-refractivity contribution in [3.8, 4) is 0 Å². The Bertz CT molecular complexity index is 699. The summed E-state index contributed by atoms with van der Waals surface area (Å²) in [5.41, 5.74) is -0.922. The fourth-order valence-electron chi connectivity index (χ4n) is 4.01. The topological polar surface area (TPSA) is 69.6 Å². The number of nitrogens with zero attached hydrogens (tertiary/aromatic N) is 4. The highest BCUT2D eigenvalue weighted by Gasteiger charge is 2.56. The van der Waals surface area contributed by atoms with Crippen molar-refractivity contribution in [2.75, 3.05) is 29.4 Å². The highest BCUT2D eigenvalue weighted by molar-refractivity contribution is 5.68. The minimum absolute atomic E-state index is 0.131. The van der Waals surface area contributed by atoms with E-state index in [2.05, 4.69) is 9.97 Å². The van der Waals surface area contributed by atoms with Crippen molar-refractivity contribution in [1.82, 2.24) is 9.97 Å². The van der Waals surface area contributed by atoms with Gasteiger partial charge in [0.05, 0.1) is 0 Å². The monoisotopic (exact) mass is 356 g/mol. The first-order chi connectivity index (χ1) is 11.7. The molecule has 3 fully saturated rings. The summed E-state index contributed by atoms with van der Waals surface area (Å²) in [5, 5.41) is 8.88. The zero-order valence-corrected chi connectivity index (χ0v) is 13.7. The lowest BCUT2D eigenvalue weighted by Crippen LogP contribution is -2.47. The normalized spacial score (nSPS) is 30.9. The molecule has 1 aliphatic carbocycles. The molecule has 2 unspecified atom stereocenters. The molecule has 9 heteroatoms. The van der Waals surface area contributed by atoms with Crippen molar-refractivity contribution >= 4 is 17.7 Å². The summed E-state index contributed by atoms with van der Waals surface area (Å²) in [6.45, 7) is 3.72. The molecule has 1 aromatic rings. The van der Waals surface area contributed by atoms with Crippen LogP contribution in [0.25, 0.3) is 0 Å². The summed E-state index contributed by atoms with van der Waals surface area (Å²) >= 11 is 0. The number of hydrogen-bond acceptors (Lipinski definition) is 5. The van der Waals surface area contributed by atoms with E-state index in [0.29, 0.717) is 19.6 Å². The van der Waals surface area contributed by atoms with E-state index in [9.17, 15) is 18.0 Å². The number of carboxylic acids is 1. The quantitative estimate of drug-likeness (QED) is 0.892. The summed E-state index contributed by atoms with van der Waals surface area (Å²) < 4.78 is 39.6. The number of anilines is 2. The van der Waals surface area contributed by atoms with Gasteiger partial charge >= 0.3 is 12.1 Å². The predicted molar refractivity (Wildman–Crippen MR) is 83.4 cm³/mol. The van der Waals surface area contributed by atoms with Gasteiger partial charge in [-0.15, -0.1) is 0 Å². The molecule has 0 aromatic carbocycles. The average molecular weight is 356 g/mol. The zero-order valence-electron chi connectivity index (χ0n) is 13.7. The molecule has 136 valence electrons. The molecule has 1 saturated carbocycles. The summed E-state index contributed by atoms with van der Waals surface area (Å²) in [4.78, 5) is 22.5. The van der Waals surface area contributed by atoms with Crippen LogP contribution in [0.1, 0.15) is 25.5 Å². The predicted octanol–water partition coefficient (Wildman–Crippen LogP) is 2.25. The van der Waals surface area contributed by atoms with Gasteiger partial charge in [0.25, 0.3) is 0 Å². The van der Waals surface area contributed by atoms with Crippen molar-refractivity contribution in [1.29, 1.82) is 0 Å². The molecule has 0 amide bonds. The van der Waals surface area contributed by atoms with Crippen LogP contribution in [0.2, 0.25) is 0 Å². The molecule has 2 saturated heterocycles. The molecule has 3 aliphatic rings. The number of alkyl halides is 3. The molecule has 1 N–H and O–H groups in total. The lowest BCUT2D eigenvalue weighted by atomic mass is 10.1. The van der Waals surface area contributed by atoms with E-state index >= 15 is 0 Å². The highest BCUT2D eigenvalue weighted by atomic mass is 19.4. The molecule has 0 radical (unpaired) electrons. The molecule has 4 atom stereocenters. The largest absolute Gasteiger partial charge is 0.481 e. The smallest absolute Gasteiger partial charge is 0.433 e. The minimum atomic E-state index is -4.52. The Morgan fingerprint density at radius 3 is 2.48 bits per heavy atom. The Kier molecular flexibility index (Phi) is 3.59. The van der Waals surface area contributed by atoms with Gasteiger partial charge in [0, 0.05) is 38.2 Å². The molecule has 3 heterocycles. The Balaban J connectivity index is 1.56. The third-order valence-electron chi connectivity index (χ3n) is 5.67. The summed E-state index contributed by atoms with van der Waals surface area (Å²) in [6, 6.07) is 1.15. The molecule has 25 heavy (non-hydrogen) atoms. The van der Waals surface area contributed by atoms with E-state index in [1.165, 1.54) is 0 Å². The minimum Gasteiger partial charge on any atom is -0.481 e. The lowest BCUT2D eigenvalue weighted by Gasteiger charge is -2.39. The fraction of sp³-hybridized carbons (Fsp3) is 0.688. The van der Waals surface area contributed by atoms with E-state index in [1.807, 2.05) is 11.8 Å². The van der Waals surface area contributed by atoms with E-state index in [1.54, 1.807) is 4.90 Å². The average Bonchev–Trinajstić information content (AvgIpc) is 2.95. The van der Waals surface area contributed by atoms with Crippen LogP contribution in [0.4, 0.5) is 24.9 Å². The molecule has 0 bridgehead atoms. The summed E-state index contributed by atoms with van der Waals surface area (Å²) in [5.74, 6) is 0.233. The van der Waals surface area contributed by atoms with Gasteiger partial charge in [-0.25, -0.2) is 4.98 Å². The second-order valence-corrected chi connectivity index (χ2v) is 7.23. The van der Waals surface area contributed by atoms with Crippen LogP contribution in [0.5, 0.6) is 0 Å². The maximum Gasteiger partial charge on any atom is 0.433 e. The standard InChI is InChI=1S/C16H19F3N4O2/c1-8-2-3-23(8)15-20-12(16(17,18)19)5-13(21-15)22-6-10-9(4-14(24)25)11(10)7-22/h5,8-11H,2-4,6-7H2,1H3,(H,24,25)/t8-,9?,10+,11?/m0/s1. The second kappa shape index (κ2) is 5.47. The van der Waals surface area contributed by atoms with Gasteiger partial charge in [-0.3, -0.25) is 4.79 Å². The van der Waals surface area contributed by atoms with Crippen molar-refractivity contribution < 1.29 is 23.1 Å². The number of hydrogen-bond donors (Lipinski definition) is 1. The van der Waals surface area contributed by atoms with Gasteiger partial charge in [-0.05, 0) is 31.1 Å². The molecule has 4 rings (SSSR count). The number of halogens is 3. The SMILES string of the molecule is C[C@H]1CCN1c1nc(N2CC3C(CC(=O)O)[C@H]3C2)cc(C(F)(F)F)n1. The van der Waals surface area contributed by atoms with Crippen LogP contribution in [0.15, 0.2) is 6.07 Å². The van der Waals surface area contributed by atoms with Gasteiger partial charge in [-0.1, -0.05) is 0 Å². The van der Waals surface area contributed by atoms with Crippen molar-refractivity contribution in [3.05, 3.63) is 11.8 Å². The van der Waals surface area contributed by atoms with Gasteiger partial charge in [0.2, 0.25) is 5.95 Å². The lowest BCUT2D eigenvalue weighted by molar-refractivity contribution is -0.141. The highest BCUT2D eigenvalue weighted by Crippen LogP contribution is 2.54. The van der Waals surface area contributed by atoms with Crippen LogP contribution >= 0.6 is 0 Å². The van der Waals surface area contributed by atoms with E-state index in [0.717, 1.165) is 12.5 Å². The van der Waals surface area contributed by atoms with Gasteiger partial charge in [-0.2, -0.15) is 18.2 Å². The molecular weight excluding hydrogens is 337 g/mol. The van der Waals surface area contributed by atoms with E-state index < -0.39 is 17.8 Å². The third-order valence-corrected chi connectivity index (χ3v) is 5.67. The Morgan fingerprint density at radius 2 is 2.00 bits per heavy atom. The van der Waals surface area contributed by atoms with Crippen LogP contribution < -0.4 is 9.80 Å². The van der Waals surface area contributed by atoms with Gasteiger partial charge < -0.3 is 14.9 Å². The summed E-state index contributed by atoms with van der Waals surface area (Å²) in [6.07, 6.45) is -3.47. The number of fused-ring (bicyclic) bond motifs is 1. The van der Waals surface area contributed by atoms with Crippen LogP contribution in [-0.4, -0.2) is 46.7 Å². The second-order valence-electron chi connectivity index (χ2n) is 7.23. The van der Waals surface area contributed by atoms with Gasteiger partial charge in [0.1, 0.15) is 5.82 Å². The number of carboxylic acid groups (broad SMARTS) is 1. The maximum absolute atomic E-state index is 13.2. The van der Waals surface area contributed by atoms with Gasteiger partial charge in [0.15, 0.2) is 5.69 Å². The Hall–Kier alpha value is -2.06. The van der Waals surface area contributed by atoms with Crippen molar-refractivity contribution in [2.45, 2.75) is 32.0 Å². The number of carbonyl (C=O) groups is 1. The van der Waals surface area contributed by atoms with E-state index in [-0.39, 0.29) is 42.0 Å². The number of piperidine rings is 1. The first kappa shape index (κ1) is 16.4. The van der Waals surface area contributed by atoms with E-state index in [4.69, 9.17) is 5.11 Å². The first-order valence-electron chi connectivity index (χ1n) is 8.43. The summed E-state index contributed by atoms with van der Waals surface area (Å²) in [7, 11) is 0. The van der Waals surface area contributed by atoms with Crippen LogP contribution in [0.3, 0.4) is 0 Å². The number of rotatable bonds is 4. The van der Waals surface area contributed by atoms with Crippen molar-refractivity contribution in [3.63, 3.8) is 0 Å². The molecular formula is C16H19F3N4O2. The molecule has 0 spiro atoms. The third kappa shape index (κ3) is 2.89. The Labute approximate surface area is 142 Å². The molecule has 2 aliphatic heterocycles.